The van der Waals surface area contributed by atoms with Crippen molar-refractivity contribution in [2.75, 3.05) is 5.32 Å². The number of pyridine rings is 1. The van der Waals surface area contributed by atoms with Gasteiger partial charge >= 0.3 is 11.7 Å². The Balaban J connectivity index is 3.26. The second kappa shape index (κ2) is 4.34. The van der Waals surface area contributed by atoms with Gasteiger partial charge < -0.3 is 10.4 Å². The molecule has 0 saturated heterocycles. The number of carboxylic acids is 1. The van der Waals surface area contributed by atoms with Crippen molar-refractivity contribution in [2.24, 2.45) is 0 Å². The SMILES string of the molecule is CC(=O)Nc1nc(C(=O)O)ccc1[N+](=O)[O-]. The van der Waals surface area contributed by atoms with E-state index in [4.69, 9.17) is 5.11 Å². The molecule has 0 aromatic carbocycles. The van der Waals surface area contributed by atoms with E-state index in [0.717, 1.165) is 19.1 Å². The van der Waals surface area contributed by atoms with Crippen molar-refractivity contribution in [3.05, 3.63) is 27.9 Å². The van der Waals surface area contributed by atoms with E-state index in [1.54, 1.807) is 0 Å². The maximum Gasteiger partial charge on any atom is 0.354 e. The van der Waals surface area contributed by atoms with Gasteiger partial charge in [-0.1, -0.05) is 0 Å². The Bertz CT molecular complexity index is 471. The first-order valence-corrected chi connectivity index (χ1v) is 4.08. The van der Waals surface area contributed by atoms with E-state index in [-0.39, 0.29) is 11.5 Å². The summed E-state index contributed by atoms with van der Waals surface area (Å²) in [7, 11) is 0. The Labute approximate surface area is 89.1 Å². The Morgan fingerprint density at radius 2 is 2.12 bits per heavy atom. The lowest BCUT2D eigenvalue weighted by Gasteiger charge is -2.03. The number of carbonyl (C=O) groups is 2. The van der Waals surface area contributed by atoms with Crippen molar-refractivity contribution in [3.63, 3.8) is 0 Å². The van der Waals surface area contributed by atoms with Crippen LogP contribution in [0.5, 0.6) is 0 Å². The predicted molar refractivity (Wildman–Crippen MR) is 52.2 cm³/mol. The summed E-state index contributed by atoms with van der Waals surface area (Å²) in [6.07, 6.45) is 0. The fraction of sp³-hybridized carbons (Fsp3) is 0.125. The van der Waals surface area contributed by atoms with Gasteiger partial charge in [0.2, 0.25) is 11.7 Å². The van der Waals surface area contributed by atoms with Gasteiger partial charge in [0, 0.05) is 13.0 Å². The summed E-state index contributed by atoms with van der Waals surface area (Å²) >= 11 is 0. The van der Waals surface area contributed by atoms with Gasteiger partial charge in [-0.05, 0) is 6.07 Å². The second-order valence-electron chi connectivity index (χ2n) is 2.81. The molecule has 1 aromatic rings. The summed E-state index contributed by atoms with van der Waals surface area (Å²) in [6.45, 7) is 1.14. The maximum absolute atomic E-state index is 10.7. The molecule has 0 unspecified atom stereocenters. The molecular weight excluding hydrogens is 218 g/mol. The van der Waals surface area contributed by atoms with Crippen molar-refractivity contribution in [3.8, 4) is 0 Å². The predicted octanol–water partition coefficient (Wildman–Crippen LogP) is 0.646. The number of nitrogens with one attached hydrogen (secondary N) is 1. The van der Waals surface area contributed by atoms with Crippen molar-refractivity contribution < 1.29 is 19.6 Å². The van der Waals surface area contributed by atoms with Crippen molar-refractivity contribution >= 4 is 23.4 Å². The van der Waals surface area contributed by atoms with Crippen LogP contribution >= 0.6 is 0 Å². The van der Waals surface area contributed by atoms with Gasteiger partial charge in [-0.25, -0.2) is 9.78 Å². The zero-order valence-electron chi connectivity index (χ0n) is 8.13. The molecule has 2 N–H and O–H groups in total. The van der Waals surface area contributed by atoms with Crippen LogP contribution in [0.1, 0.15) is 17.4 Å². The Morgan fingerprint density at radius 1 is 1.50 bits per heavy atom. The van der Waals surface area contributed by atoms with Crippen LogP contribution in [0.15, 0.2) is 12.1 Å². The van der Waals surface area contributed by atoms with Gasteiger partial charge in [0.1, 0.15) is 0 Å². The number of amides is 1. The molecule has 8 nitrogen and oxygen atoms in total. The Morgan fingerprint density at radius 3 is 2.56 bits per heavy atom. The van der Waals surface area contributed by atoms with Crippen LogP contribution in [0.4, 0.5) is 11.5 Å². The third-order valence-electron chi connectivity index (χ3n) is 1.58. The molecule has 1 rings (SSSR count). The normalized spacial score (nSPS) is 9.56. The zero-order valence-corrected chi connectivity index (χ0v) is 8.13. The van der Waals surface area contributed by atoms with Gasteiger partial charge in [-0.3, -0.25) is 14.9 Å². The molecule has 1 heterocycles. The monoisotopic (exact) mass is 225 g/mol. The number of hydrogen-bond donors (Lipinski definition) is 2. The van der Waals surface area contributed by atoms with Crippen LogP contribution in [0.2, 0.25) is 0 Å². The zero-order chi connectivity index (χ0) is 12.3. The summed E-state index contributed by atoms with van der Waals surface area (Å²) in [6, 6.07) is 1.97. The van der Waals surface area contributed by atoms with E-state index < -0.39 is 22.5 Å². The molecule has 8 heteroatoms. The second-order valence-corrected chi connectivity index (χ2v) is 2.81. The van der Waals surface area contributed by atoms with Crippen LogP contribution in [-0.2, 0) is 4.79 Å². The summed E-state index contributed by atoms with van der Waals surface area (Å²) in [4.78, 5) is 34.6. The number of anilines is 1. The van der Waals surface area contributed by atoms with Crippen molar-refractivity contribution in [1.82, 2.24) is 4.98 Å². The number of carboxylic acid groups (broad SMARTS) is 1. The summed E-state index contributed by atoms with van der Waals surface area (Å²) in [5.74, 6) is -2.28. The quantitative estimate of drug-likeness (QED) is 0.575. The number of rotatable bonds is 3. The first-order chi connectivity index (χ1) is 7.41. The number of carbonyl (C=O) groups excluding carboxylic acids is 1. The van der Waals surface area contributed by atoms with Crippen molar-refractivity contribution in [1.29, 1.82) is 0 Å². The fourth-order valence-electron chi connectivity index (χ4n) is 0.977. The molecule has 0 spiro atoms. The van der Waals surface area contributed by atoms with Gasteiger partial charge in [-0.2, -0.15) is 0 Å². The highest BCUT2D eigenvalue weighted by Crippen LogP contribution is 2.21. The summed E-state index contributed by atoms with van der Waals surface area (Å²) in [5, 5.41) is 21.3. The van der Waals surface area contributed by atoms with Gasteiger partial charge in [-0.15, -0.1) is 0 Å². The molecule has 16 heavy (non-hydrogen) atoms. The van der Waals surface area contributed by atoms with Gasteiger partial charge in [0.05, 0.1) is 4.92 Å². The number of aromatic carboxylic acids is 1. The van der Waals surface area contributed by atoms with E-state index >= 15 is 0 Å². The number of nitrogens with zero attached hydrogens (tertiary/aromatic N) is 2. The van der Waals surface area contributed by atoms with Crippen LogP contribution < -0.4 is 5.32 Å². The summed E-state index contributed by atoms with van der Waals surface area (Å²) < 4.78 is 0. The average Bonchev–Trinajstić information content (AvgIpc) is 2.15. The Hall–Kier alpha value is -2.51. The first kappa shape index (κ1) is 11.6. The van der Waals surface area contributed by atoms with Crippen LogP contribution in [0, 0.1) is 10.1 Å². The molecule has 0 radical (unpaired) electrons. The molecule has 0 aliphatic carbocycles. The van der Waals surface area contributed by atoms with E-state index in [1.165, 1.54) is 0 Å². The Kier molecular flexibility index (Phi) is 3.14. The minimum absolute atomic E-state index is 0.377. The largest absolute Gasteiger partial charge is 0.477 e. The minimum atomic E-state index is -1.33. The average molecular weight is 225 g/mol. The van der Waals surface area contributed by atoms with Crippen molar-refractivity contribution in [2.45, 2.75) is 6.92 Å². The lowest BCUT2D eigenvalue weighted by atomic mass is 10.3. The standard InChI is InChI=1S/C8H7N3O5/c1-4(12)9-7-6(11(15)16)3-2-5(10-7)8(13)14/h2-3H,1H3,(H,13,14)(H,9,10,12). The smallest absolute Gasteiger partial charge is 0.354 e. The molecule has 0 bridgehead atoms. The van der Waals surface area contributed by atoms with Gasteiger partial charge in [0.25, 0.3) is 0 Å². The molecule has 0 aliphatic heterocycles. The minimum Gasteiger partial charge on any atom is -0.477 e. The van der Waals surface area contributed by atoms with E-state index in [0.29, 0.717) is 0 Å². The van der Waals surface area contributed by atoms with E-state index in [2.05, 4.69) is 10.3 Å². The van der Waals surface area contributed by atoms with E-state index in [9.17, 15) is 19.7 Å². The van der Waals surface area contributed by atoms with Crippen LogP contribution in [0.3, 0.4) is 0 Å². The lowest BCUT2D eigenvalue weighted by molar-refractivity contribution is -0.384. The molecule has 1 aromatic heterocycles. The highest BCUT2D eigenvalue weighted by Gasteiger charge is 2.18. The topological polar surface area (TPSA) is 122 Å². The van der Waals surface area contributed by atoms with Crippen LogP contribution in [0.25, 0.3) is 0 Å². The maximum atomic E-state index is 10.7. The molecular formula is C8H7N3O5. The number of aromatic nitrogens is 1. The number of nitro groups is 1. The number of hydrogen-bond acceptors (Lipinski definition) is 5. The highest BCUT2D eigenvalue weighted by atomic mass is 16.6. The first-order valence-electron chi connectivity index (χ1n) is 4.08. The third-order valence-corrected chi connectivity index (χ3v) is 1.58. The third kappa shape index (κ3) is 2.50. The molecule has 0 saturated carbocycles. The summed E-state index contributed by atoms with van der Waals surface area (Å²) in [5.41, 5.74) is -0.838. The fourth-order valence-corrected chi connectivity index (χ4v) is 0.977. The van der Waals surface area contributed by atoms with Crippen LogP contribution in [-0.4, -0.2) is 26.9 Å². The lowest BCUT2D eigenvalue weighted by Crippen LogP contribution is -2.12. The molecule has 84 valence electrons. The molecule has 1 amide bonds. The highest BCUT2D eigenvalue weighted by molar-refractivity contribution is 5.92. The van der Waals surface area contributed by atoms with Gasteiger partial charge in [0.15, 0.2) is 5.69 Å². The molecule has 0 aliphatic rings. The molecule has 0 atom stereocenters. The van der Waals surface area contributed by atoms with E-state index in [1.807, 2.05) is 0 Å². The molecule has 0 fully saturated rings.